The Labute approximate surface area is 147 Å². The highest BCUT2D eigenvalue weighted by molar-refractivity contribution is 5.80. The molecule has 1 rings (SSSR count). The van der Waals surface area contributed by atoms with Gasteiger partial charge in [0.2, 0.25) is 0 Å². The SMILES string of the molecule is CCOC(=O)CN(NC(=O)OCc1ccccc1)C(=O)OC(C)(C)C. The lowest BCUT2D eigenvalue weighted by molar-refractivity contribution is -0.144. The van der Waals surface area contributed by atoms with Crippen molar-refractivity contribution in [2.45, 2.75) is 39.9 Å². The summed E-state index contributed by atoms with van der Waals surface area (Å²) in [6.07, 6.45) is -1.78. The number of carbonyl (C=O) groups is 3. The van der Waals surface area contributed by atoms with Gasteiger partial charge in [-0.2, -0.15) is 0 Å². The molecule has 0 radical (unpaired) electrons. The maximum atomic E-state index is 12.1. The van der Waals surface area contributed by atoms with Crippen molar-refractivity contribution >= 4 is 18.2 Å². The molecule has 8 nitrogen and oxygen atoms in total. The highest BCUT2D eigenvalue weighted by Gasteiger charge is 2.26. The second-order valence-electron chi connectivity index (χ2n) is 6.05. The Kier molecular flexibility index (Phi) is 7.71. The van der Waals surface area contributed by atoms with Crippen molar-refractivity contribution < 1.29 is 28.6 Å². The van der Waals surface area contributed by atoms with Crippen LogP contribution in [0.3, 0.4) is 0 Å². The van der Waals surface area contributed by atoms with Gasteiger partial charge in [0.15, 0.2) is 0 Å². The summed E-state index contributed by atoms with van der Waals surface area (Å²) in [5.74, 6) is -0.684. The molecule has 0 saturated carbocycles. The van der Waals surface area contributed by atoms with Crippen molar-refractivity contribution in [2.24, 2.45) is 0 Å². The number of ether oxygens (including phenoxy) is 3. The molecular weight excluding hydrogens is 328 g/mol. The number of carbonyl (C=O) groups excluding carboxylic acids is 3. The molecule has 1 N–H and O–H groups in total. The van der Waals surface area contributed by atoms with E-state index in [1.807, 2.05) is 18.2 Å². The van der Waals surface area contributed by atoms with Gasteiger partial charge in [-0.25, -0.2) is 20.0 Å². The van der Waals surface area contributed by atoms with E-state index in [4.69, 9.17) is 14.2 Å². The van der Waals surface area contributed by atoms with Gasteiger partial charge in [0, 0.05) is 0 Å². The molecule has 0 aromatic heterocycles. The van der Waals surface area contributed by atoms with Gasteiger partial charge in [-0.1, -0.05) is 30.3 Å². The Bertz CT molecular complexity index is 583. The number of hydrogen-bond acceptors (Lipinski definition) is 6. The molecule has 0 aliphatic rings. The van der Waals surface area contributed by atoms with Crippen LogP contribution in [0.4, 0.5) is 9.59 Å². The normalized spacial score (nSPS) is 10.6. The van der Waals surface area contributed by atoms with Crippen molar-refractivity contribution in [3.63, 3.8) is 0 Å². The van der Waals surface area contributed by atoms with Crippen LogP contribution in [0.1, 0.15) is 33.3 Å². The minimum absolute atomic E-state index is 0.0221. The van der Waals surface area contributed by atoms with Gasteiger partial charge in [-0.3, -0.25) is 4.79 Å². The molecule has 0 unspecified atom stereocenters. The summed E-state index contributed by atoms with van der Waals surface area (Å²) < 4.78 is 15.0. The fourth-order valence-electron chi connectivity index (χ4n) is 1.67. The van der Waals surface area contributed by atoms with E-state index >= 15 is 0 Å². The standard InChI is InChI=1S/C17H24N2O6/c1-5-23-14(20)11-19(16(22)25-17(2,3)4)18-15(21)24-12-13-9-7-6-8-10-13/h6-10H,5,11-12H2,1-4H3,(H,18,21). The molecule has 25 heavy (non-hydrogen) atoms. The van der Waals surface area contributed by atoms with Crippen molar-refractivity contribution in [3.05, 3.63) is 35.9 Å². The van der Waals surface area contributed by atoms with Gasteiger partial charge in [0.1, 0.15) is 18.8 Å². The van der Waals surface area contributed by atoms with E-state index in [-0.39, 0.29) is 13.2 Å². The Morgan fingerprint density at radius 1 is 1.08 bits per heavy atom. The first-order valence-corrected chi connectivity index (χ1v) is 7.84. The average Bonchev–Trinajstić information content (AvgIpc) is 2.52. The number of nitrogens with zero attached hydrogens (tertiary/aromatic N) is 1. The van der Waals surface area contributed by atoms with Gasteiger partial charge < -0.3 is 14.2 Å². The quantitative estimate of drug-likeness (QED) is 0.497. The van der Waals surface area contributed by atoms with Crippen LogP contribution in [0, 0.1) is 0 Å². The zero-order chi connectivity index (χ0) is 18.9. The Morgan fingerprint density at radius 2 is 1.72 bits per heavy atom. The molecule has 0 heterocycles. The molecule has 0 fully saturated rings. The van der Waals surface area contributed by atoms with Crippen LogP contribution in [0.15, 0.2) is 30.3 Å². The Balaban J connectivity index is 2.65. The molecule has 1 aromatic carbocycles. The number of benzene rings is 1. The Morgan fingerprint density at radius 3 is 2.28 bits per heavy atom. The summed E-state index contributed by atoms with van der Waals surface area (Å²) in [5, 5.41) is 0.719. The second kappa shape index (κ2) is 9.51. The summed E-state index contributed by atoms with van der Waals surface area (Å²) in [7, 11) is 0. The van der Waals surface area contributed by atoms with E-state index in [1.54, 1.807) is 39.8 Å². The maximum Gasteiger partial charge on any atom is 0.429 e. The number of esters is 1. The van der Waals surface area contributed by atoms with Crippen molar-refractivity contribution in [2.75, 3.05) is 13.2 Å². The minimum atomic E-state index is -0.891. The lowest BCUT2D eigenvalue weighted by Crippen LogP contribution is -2.50. The summed E-state index contributed by atoms with van der Waals surface area (Å²) in [6, 6.07) is 9.04. The van der Waals surface area contributed by atoms with Gasteiger partial charge in [-0.15, -0.1) is 0 Å². The lowest BCUT2D eigenvalue weighted by Gasteiger charge is -2.26. The predicted octanol–water partition coefficient (Wildman–Crippen LogP) is 2.63. The number of amides is 2. The van der Waals surface area contributed by atoms with Gasteiger partial charge in [0.25, 0.3) is 0 Å². The molecule has 0 aliphatic carbocycles. The smallest absolute Gasteiger partial charge is 0.429 e. The molecule has 0 atom stereocenters. The van der Waals surface area contributed by atoms with Crippen molar-refractivity contribution in [3.8, 4) is 0 Å². The van der Waals surface area contributed by atoms with Crippen molar-refractivity contribution in [1.82, 2.24) is 10.4 Å². The zero-order valence-electron chi connectivity index (χ0n) is 14.9. The number of rotatable bonds is 5. The number of hydrogen-bond donors (Lipinski definition) is 1. The molecule has 0 spiro atoms. The molecular formula is C17H24N2O6. The van der Waals surface area contributed by atoms with Crippen LogP contribution in [-0.4, -0.2) is 41.9 Å². The maximum absolute atomic E-state index is 12.1. The van der Waals surface area contributed by atoms with Crippen LogP contribution in [0.5, 0.6) is 0 Å². The molecule has 8 heteroatoms. The highest BCUT2D eigenvalue weighted by atomic mass is 16.6. The minimum Gasteiger partial charge on any atom is -0.465 e. The molecule has 1 aromatic rings. The average molecular weight is 352 g/mol. The van der Waals surface area contributed by atoms with Gasteiger partial charge >= 0.3 is 18.2 Å². The number of nitrogens with one attached hydrogen (secondary N) is 1. The molecule has 2 amide bonds. The third-order valence-electron chi connectivity index (χ3n) is 2.65. The van der Waals surface area contributed by atoms with E-state index in [1.165, 1.54) is 0 Å². The van der Waals surface area contributed by atoms with E-state index in [0.717, 1.165) is 10.6 Å². The summed E-state index contributed by atoms with van der Waals surface area (Å²) in [5.41, 5.74) is 2.19. The van der Waals surface area contributed by atoms with E-state index < -0.39 is 30.3 Å². The second-order valence-corrected chi connectivity index (χ2v) is 6.05. The molecule has 0 saturated heterocycles. The molecule has 0 aliphatic heterocycles. The number of hydrazine groups is 1. The van der Waals surface area contributed by atoms with Crippen LogP contribution in [0.2, 0.25) is 0 Å². The van der Waals surface area contributed by atoms with E-state index in [9.17, 15) is 14.4 Å². The van der Waals surface area contributed by atoms with Crippen LogP contribution in [-0.2, 0) is 25.6 Å². The van der Waals surface area contributed by atoms with Crippen molar-refractivity contribution in [1.29, 1.82) is 0 Å². The van der Waals surface area contributed by atoms with Crippen LogP contribution >= 0.6 is 0 Å². The zero-order valence-corrected chi connectivity index (χ0v) is 14.9. The molecule has 0 bridgehead atoms. The first-order chi connectivity index (χ1) is 11.7. The lowest BCUT2D eigenvalue weighted by atomic mass is 10.2. The van der Waals surface area contributed by atoms with Gasteiger partial charge in [0.05, 0.1) is 6.61 Å². The van der Waals surface area contributed by atoms with E-state index in [0.29, 0.717) is 0 Å². The topological polar surface area (TPSA) is 94.2 Å². The summed E-state index contributed by atoms with van der Waals surface area (Å²) in [6.45, 7) is 6.32. The monoisotopic (exact) mass is 352 g/mol. The summed E-state index contributed by atoms with van der Waals surface area (Å²) in [4.78, 5) is 35.7. The fourth-order valence-corrected chi connectivity index (χ4v) is 1.67. The third-order valence-corrected chi connectivity index (χ3v) is 2.65. The van der Waals surface area contributed by atoms with Gasteiger partial charge in [-0.05, 0) is 33.3 Å². The highest BCUT2D eigenvalue weighted by Crippen LogP contribution is 2.09. The summed E-state index contributed by atoms with van der Waals surface area (Å²) >= 11 is 0. The largest absolute Gasteiger partial charge is 0.465 e. The van der Waals surface area contributed by atoms with Crippen LogP contribution in [0.25, 0.3) is 0 Å². The fraction of sp³-hybridized carbons (Fsp3) is 0.471. The Hall–Kier alpha value is -2.77. The van der Waals surface area contributed by atoms with E-state index in [2.05, 4.69) is 5.43 Å². The first-order valence-electron chi connectivity index (χ1n) is 7.84. The predicted molar refractivity (Wildman–Crippen MR) is 89.3 cm³/mol. The molecule has 138 valence electrons. The first kappa shape index (κ1) is 20.3. The van der Waals surface area contributed by atoms with Crippen LogP contribution < -0.4 is 5.43 Å². The third kappa shape index (κ3) is 8.59.